The Morgan fingerprint density at radius 2 is 2.38 bits per heavy atom. The summed E-state index contributed by atoms with van der Waals surface area (Å²) in [6.07, 6.45) is 2.93. The van der Waals surface area contributed by atoms with Crippen molar-refractivity contribution in [2.24, 2.45) is 5.73 Å². The quantitative estimate of drug-likeness (QED) is 0.580. The molecule has 3 nitrogen and oxygen atoms in total. The van der Waals surface area contributed by atoms with E-state index in [9.17, 15) is 0 Å². The second-order valence-electron chi connectivity index (χ2n) is 3.93. The van der Waals surface area contributed by atoms with E-state index < -0.39 is 0 Å². The third kappa shape index (κ3) is 3.32. The van der Waals surface area contributed by atoms with Gasteiger partial charge in [0.05, 0.1) is 0 Å². The molecule has 0 saturated carbocycles. The van der Waals surface area contributed by atoms with Crippen LogP contribution in [0, 0.1) is 0 Å². The molecule has 0 aromatic heterocycles. The smallest absolute Gasteiger partial charge is 0.101 e. The largest absolute Gasteiger partial charge is 0.387 e. The Balaban J connectivity index is 2.59. The van der Waals surface area contributed by atoms with Gasteiger partial charge in [-0.1, -0.05) is 12.2 Å². The summed E-state index contributed by atoms with van der Waals surface area (Å²) in [6, 6.07) is 0. The van der Waals surface area contributed by atoms with Crippen molar-refractivity contribution in [3.63, 3.8) is 0 Å². The first-order chi connectivity index (χ1) is 6.03. The lowest BCUT2D eigenvalue weighted by Crippen LogP contribution is -2.47. The van der Waals surface area contributed by atoms with Crippen LogP contribution in [-0.2, 0) is 0 Å². The third-order valence-corrected chi connectivity index (χ3v) is 2.12. The van der Waals surface area contributed by atoms with Crippen LogP contribution in [-0.4, -0.2) is 23.6 Å². The molecular formula is C9H17N3S. The van der Waals surface area contributed by atoms with Crippen LogP contribution in [0.2, 0.25) is 0 Å². The van der Waals surface area contributed by atoms with Gasteiger partial charge in [-0.2, -0.15) is 0 Å². The highest BCUT2D eigenvalue weighted by Crippen LogP contribution is 2.18. The maximum Gasteiger partial charge on any atom is 0.101 e. The van der Waals surface area contributed by atoms with Gasteiger partial charge in [0.25, 0.3) is 0 Å². The van der Waals surface area contributed by atoms with Crippen LogP contribution in [0.15, 0.2) is 11.8 Å². The van der Waals surface area contributed by atoms with Gasteiger partial charge in [0, 0.05) is 30.7 Å². The topological polar surface area (TPSA) is 50.1 Å². The molecule has 1 heterocycles. The van der Waals surface area contributed by atoms with Gasteiger partial charge >= 0.3 is 0 Å². The lowest BCUT2D eigenvalue weighted by molar-refractivity contribution is 0.438. The fourth-order valence-electron chi connectivity index (χ4n) is 1.45. The zero-order chi connectivity index (χ0) is 9.90. The molecule has 0 aromatic rings. The summed E-state index contributed by atoms with van der Waals surface area (Å²) in [5.74, 6) is 0. The van der Waals surface area contributed by atoms with Crippen molar-refractivity contribution in [3.8, 4) is 0 Å². The highest BCUT2D eigenvalue weighted by Gasteiger charge is 2.23. The van der Waals surface area contributed by atoms with E-state index in [2.05, 4.69) is 24.5 Å². The monoisotopic (exact) mass is 199 g/mol. The zero-order valence-electron chi connectivity index (χ0n) is 8.18. The minimum Gasteiger partial charge on any atom is -0.387 e. The number of rotatable bonds is 3. The minimum absolute atomic E-state index is 0.0583. The normalized spacial score (nSPS) is 20.5. The van der Waals surface area contributed by atoms with E-state index in [-0.39, 0.29) is 5.54 Å². The molecule has 1 aliphatic heterocycles. The Bertz CT molecular complexity index is 233. The maximum atomic E-state index is 5.41. The summed E-state index contributed by atoms with van der Waals surface area (Å²) in [5.41, 5.74) is 6.65. The summed E-state index contributed by atoms with van der Waals surface area (Å²) in [6.45, 7) is 5.73. The second kappa shape index (κ2) is 4.07. The number of thiocarbonyl (C=S) groups is 1. The molecule has 1 aliphatic rings. The predicted molar refractivity (Wildman–Crippen MR) is 59.6 cm³/mol. The third-order valence-electron chi connectivity index (χ3n) is 1.90. The van der Waals surface area contributed by atoms with E-state index in [1.807, 2.05) is 6.08 Å². The van der Waals surface area contributed by atoms with E-state index in [0.717, 1.165) is 18.0 Å². The van der Waals surface area contributed by atoms with Crippen LogP contribution in [0.1, 0.15) is 20.3 Å². The molecule has 0 atom stereocenters. The summed E-state index contributed by atoms with van der Waals surface area (Å²) in [5, 5.41) is 6.51. The molecule has 0 unspecified atom stereocenters. The van der Waals surface area contributed by atoms with Crippen molar-refractivity contribution < 1.29 is 0 Å². The SMILES string of the molecule is CC1(C)CC(NCCN)=CC(=S)N1. The fraction of sp³-hybridized carbons (Fsp3) is 0.667. The second-order valence-corrected chi connectivity index (χ2v) is 4.37. The first-order valence-electron chi connectivity index (χ1n) is 4.50. The Morgan fingerprint density at radius 3 is 2.92 bits per heavy atom. The van der Waals surface area contributed by atoms with Gasteiger partial charge in [-0.15, -0.1) is 0 Å². The molecule has 0 spiro atoms. The van der Waals surface area contributed by atoms with Gasteiger partial charge in [0.2, 0.25) is 0 Å². The molecular weight excluding hydrogens is 182 g/mol. The van der Waals surface area contributed by atoms with Crippen LogP contribution >= 0.6 is 12.2 Å². The van der Waals surface area contributed by atoms with E-state index in [0.29, 0.717) is 6.54 Å². The molecule has 0 saturated heterocycles. The Morgan fingerprint density at radius 1 is 1.69 bits per heavy atom. The zero-order valence-corrected chi connectivity index (χ0v) is 9.00. The van der Waals surface area contributed by atoms with Gasteiger partial charge in [0.1, 0.15) is 4.99 Å². The van der Waals surface area contributed by atoms with Gasteiger partial charge in [0.15, 0.2) is 0 Å². The summed E-state index contributed by atoms with van der Waals surface area (Å²) in [7, 11) is 0. The van der Waals surface area contributed by atoms with Crippen molar-refractivity contribution in [1.82, 2.24) is 10.6 Å². The average Bonchev–Trinajstić information content (AvgIpc) is 1.97. The molecule has 1 rings (SSSR count). The molecule has 0 aromatic carbocycles. The van der Waals surface area contributed by atoms with Gasteiger partial charge < -0.3 is 16.4 Å². The lowest BCUT2D eigenvalue weighted by Gasteiger charge is -2.32. The van der Waals surface area contributed by atoms with E-state index in [1.54, 1.807) is 0 Å². The number of hydrogen-bond acceptors (Lipinski definition) is 3. The van der Waals surface area contributed by atoms with Crippen LogP contribution in [0.4, 0.5) is 0 Å². The summed E-state index contributed by atoms with van der Waals surface area (Å²) < 4.78 is 0. The molecule has 74 valence electrons. The average molecular weight is 199 g/mol. The predicted octanol–water partition coefficient (Wildman–Crippen LogP) is 0.518. The fourth-order valence-corrected chi connectivity index (χ4v) is 1.86. The molecule has 13 heavy (non-hydrogen) atoms. The summed E-state index contributed by atoms with van der Waals surface area (Å²) in [4.78, 5) is 0.802. The van der Waals surface area contributed by atoms with E-state index in [1.165, 1.54) is 5.70 Å². The van der Waals surface area contributed by atoms with Crippen molar-refractivity contribution in [2.75, 3.05) is 13.1 Å². The van der Waals surface area contributed by atoms with Gasteiger partial charge in [-0.3, -0.25) is 0 Å². The van der Waals surface area contributed by atoms with Crippen molar-refractivity contribution in [3.05, 3.63) is 11.8 Å². The molecule has 0 amide bonds. The van der Waals surface area contributed by atoms with Crippen LogP contribution < -0.4 is 16.4 Å². The molecule has 0 fully saturated rings. The molecule has 4 N–H and O–H groups in total. The van der Waals surface area contributed by atoms with Crippen LogP contribution in [0.3, 0.4) is 0 Å². The van der Waals surface area contributed by atoms with Crippen molar-refractivity contribution >= 4 is 17.2 Å². The van der Waals surface area contributed by atoms with Crippen molar-refractivity contribution in [2.45, 2.75) is 25.8 Å². The number of nitrogens with one attached hydrogen (secondary N) is 2. The Hall–Kier alpha value is -0.610. The number of nitrogens with two attached hydrogens (primary N) is 1. The van der Waals surface area contributed by atoms with E-state index >= 15 is 0 Å². The molecule has 0 radical (unpaired) electrons. The minimum atomic E-state index is 0.0583. The number of hydrogen-bond donors (Lipinski definition) is 3. The van der Waals surface area contributed by atoms with Crippen molar-refractivity contribution in [1.29, 1.82) is 0 Å². The Labute approximate surface area is 84.8 Å². The lowest BCUT2D eigenvalue weighted by atomic mass is 9.95. The standard InChI is InChI=1S/C9H17N3S/c1-9(2)6-7(11-4-3-10)5-8(13)12-9/h5,11H,3-4,6,10H2,1-2H3,(H,12,13). The highest BCUT2D eigenvalue weighted by atomic mass is 32.1. The molecule has 0 aliphatic carbocycles. The van der Waals surface area contributed by atoms with Gasteiger partial charge in [-0.05, 0) is 19.9 Å². The molecule has 0 bridgehead atoms. The highest BCUT2D eigenvalue weighted by molar-refractivity contribution is 7.80. The van der Waals surface area contributed by atoms with Gasteiger partial charge in [-0.25, -0.2) is 0 Å². The summed E-state index contributed by atoms with van der Waals surface area (Å²) >= 11 is 5.12. The van der Waals surface area contributed by atoms with Crippen LogP contribution in [0.5, 0.6) is 0 Å². The van der Waals surface area contributed by atoms with E-state index in [4.69, 9.17) is 18.0 Å². The molecule has 4 heteroatoms. The Kier molecular flexibility index (Phi) is 3.27. The maximum absolute atomic E-state index is 5.41. The first-order valence-corrected chi connectivity index (χ1v) is 4.91. The van der Waals surface area contributed by atoms with Crippen LogP contribution in [0.25, 0.3) is 0 Å². The first kappa shape index (κ1) is 10.5.